The fourth-order valence-electron chi connectivity index (χ4n) is 2.13. The molecule has 0 saturated carbocycles. The van der Waals surface area contributed by atoms with E-state index < -0.39 is 0 Å². The summed E-state index contributed by atoms with van der Waals surface area (Å²) in [4.78, 5) is 8.81. The predicted molar refractivity (Wildman–Crippen MR) is 100 cm³/mol. The highest BCUT2D eigenvalue weighted by molar-refractivity contribution is 14.0. The summed E-state index contributed by atoms with van der Waals surface area (Å²) >= 11 is 0. The standard InChI is InChI=1S/C15H23N5O.HI/c1-12-5-4-9-20-11-13(19-14(12)20)6-7-17-15(16-2)18-8-10-21-3;/h4-5,9,11H,6-8,10H2,1-3H3,(H2,16,17,18);1H. The molecule has 0 unspecified atom stereocenters. The monoisotopic (exact) mass is 417 g/mol. The maximum atomic E-state index is 5.00. The molecule has 0 amide bonds. The van der Waals surface area contributed by atoms with E-state index in [1.807, 2.05) is 12.3 Å². The van der Waals surface area contributed by atoms with Gasteiger partial charge in [0.1, 0.15) is 5.65 Å². The highest BCUT2D eigenvalue weighted by Crippen LogP contribution is 2.09. The first-order valence-electron chi connectivity index (χ1n) is 7.11. The molecule has 0 aliphatic rings. The SMILES string of the molecule is CN=C(NCCOC)NCCc1cn2cccc(C)c2n1.I. The molecule has 0 bridgehead atoms. The van der Waals surface area contributed by atoms with Gasteiger partial charge in [-0.25, -0.2) is 4.98 Å². The third-order valence-corrected chi connectivity index (χ3v) is 3.22. The second-order valence-electron chi connectivity index (χ2n) is 4.82. The Kier molecular flexibility index (Phi) is 8.18. The maximum Gasteiger partial charge on any atom is 0.191 e. The Labute approximate surface area is 148 Å². The molecule has 0 aliphatic carbocycles. The molecule has 0 aromatic carbocycles. The number of imidazole rings is 1. The van der Waals surface area contributed by atoms with Crippen molar-refractivity contribution < 1.29 is 4.74 Å². The summed E-state index contributed by atoms with van der Waals surface area (Å²) in [6.45, 7) is 4.26. The van der Waals surface area contributed by atoms with Crippen molar-refractivity contribution in [2.75, 3.05) is 33.9 Å². The molecule has 7 heteroatoms. The molecule has 122 valence electrons. The number of guanidine groups is 1. The second-order valence-corrected chi connectivity index (χ2v) is 4.82. The van der Waals surface area contributed by atoms with Gasteiger partial charge in [0.05, 0.1) is 12.3 Å². The normalized spacial score (nSPS) is 11.3. The van der Waals surface area contributed by atoms with Crippen LogP contribution in [0.25, 0.3) is 5.65 Å². The van der Waals surface area contributed by atoms with Gasteiger partial charge in [0, 0.05) is 46.1 Å². The van der Waals surface area contributed by atoms with E-state index in [0.29, 0.717) is 6.61 Å². The van der Waals surface area contributed by atoms with E-state index in [2.05, 4.69) is 44.2 Å². The highest BCUT2D eigenvalue weighted by Gasteiger charge is 2.04. The van der Waals surface area contributed by atoms with E-state index in [1.165, 1.54) is 5.56 Å². The molecule has 2 aromatic heterocycles. The lowest BCUT2D eigenvalue weighted by atomic mass is 10.3. The first kappa shape index (κ1) is 18.7. The second kappa shape index (κ2) is 9.62. The van der Waals surface area contributed by atoms with Crippen molar-refractivity contribution in [1.82, 2.24) is 20.0 Å². The van der Waals surface area contributed by atoms with Gasteiger partial charge in [0.2, 0.25) is 0 Å². The van der Waals surface area contributed by atoms with Crippen molar-refractivity contribution in [2.24, 2.45) is 4.99 Å². The molecular weight excluding hydrogens is 393 g/mol. The summed E-state index contributed by atoms with van der Waals surface area (Å²) in [5, 5.41) is 6.45. The van der Waals surface area contributed by atoms with Crippen molar-refractivity contribution in [2.45, 2.75) is 13.3 Å². The van der Waals surface area contributed by atoms with Gasteiger partial charge in [-0.05, 0) is 18.6 Å². The van der Waals surface area contributed by atoms with Gasteiger partial charge in [-0.15, -0.1) is 24.0 Å². The molecule has 2 aromatic rings. The fraction of sp³-hybridized carbons (Fsp3) is 0.467. The van der Waals surface area contributed by atoms with E-state index >= 15 is 0 Å². The predicted octanol–water partition coefficient (Wildman–Crippen LogP) is 1.61. The third-order valence-electron chi connectivity index (χ3n) is 3.22. The molecule has 0 saturated heterocycles. The van der Waals surface area contributed by atoms with Gasteiger partial charge in [0.25, 0.3) is 0 Å². The van der Waals surface area contributed by atoms with E-state index in [4.69, 9.17) is 4.74 Å². The molecular formula is C15H24IN5O. The maximum absolute atomic E-state index is 5.00. The van der Waals surface area contributed by atoms with Crippen LogP contribution in [-0.4, -0.2) is 49.2 Å². The number of pyridine rings is 1. The number of aryl methyl sites for hydroxylation is 1. The van der Waals surface area contributed by atoms with Crippen LogP contribution in [0.5, 0.6) is 0 Å². The van der Waals surface area contributed by atoms with Gasteiger partial charge >= 0.3 is 0 Å². The molecule has 0 radical (unpaired) electrons. The zero-order chi connectivity index (χ0) is 15.1. The lowest BCUT2D eigenvalue weighted by Crippen LogP contribution is -2.39. The first-order chi connectivity index (χ1) is 10.2. The van der Waals surface area contributed by atoms with Crippen LogP contribution in [-0.2, 0) is 11.2 Å². The summed E-state index contributed by atoms with van der Waals surface area (Å²) in [5.74, 6) is 0.784. The Morgan fingerprint density at radius 2 is 2.14 bits per heavy atom. The fourth-order valence-corrected chi connectivity index (χ4v) is 2.13. The van der Waals surface area contributed by atoms with Crippen LogP contribution in [0.1, 0.15) is 11.3 Å². The number of ether oxygens (including phenoxy) is 1. The lowest BCUT2D eigenvalue weighted by Gasteiger charge is -2.10. The number of aliphatic imine (C=N–C) groups is 1. The van der Waals surface area contributed by atoms with Gasteiger partial charge in [-0.1, -0.05) is 6.07 Å². The van der Waals surface area contributed by atoms with Crippen molar-refractivity contribution in [3.05, 3.63) is 35.8 Å². The molecule has 0 atom stereocenters. The molecule has 6 nitrogen and oxygen atoms in total. The first-order valence-corrected chi connectivity index (χ1v) is 7.11. The van der Waals surface area contributed by atoms with Crippen LogP contribution in [0, 0.1) is 6.92 Å². The average molecular weight is 417 g/mol. The van der Waals surface area contributed by atoms with Crippen molar-refractivity contribution in [1.29, 1.82) is 0 Å². The number of nitrogens with one attached hydrogen (secondary N) is 2. The number of halogens is 1. The molecule has 0 aliphatic heterocycles. The van der Waals surface area contributed by atoms with Crippen LogP contribution >= 0.6 is 24.0 Å². The van der Waals surface area contributed by atoms with Gasteiger partial charge in [-0.3, -0.25) is 4.99 Å². The minimum absolute atomic E-state index is 0. The van der Waals surface area contributed by atoms with Crippen molar-refractivity contribution >= 4 is 35.6 Å². The lowest BCUT2D eigenvalue weighted by molar-refractivity contribution is 0.203. The molecule has 2 N–H and O–H groups in total. The van der Waals surface area contributed by atoms with Crippen LogP contribution in [0.3, 0.4) is 0 Å². The third kappa shape index (κ3) is 5.13. The Bertz CT molecular complexity index is 611. The zero-order valence-corrected chi connectivity index (χ0v) is 15.6. The topological polar surface area (TPSA) is 63.0 Å². The zero-order valence-electron chi connectivity index (χ0n) is 13.3. The summed E-state index contributed by atoms with van der Waals surface area (Å²) in [6, 6.07) is 4.11. The highest BCUT2D eigenvalue weighted by atomic mass is 127. The van der Waals surface area contributed by atoms with Crippen molar-refractivity contribution in [3.8, 4) is 0 Å². The Balaban J connectivity index is 0.00000242. The van der Waals surface area contributed by atoms with Gasteiger partial charge in [-0.2, -0.15) is 0 Å². The van der Waals surface area contributed by atoms with E-state index in [-0.39, 0.29) is 24.0 Å². The number of aromatic nitrogens is 2. The average Bonchev–Trinajstić information content (AvgIpc) is 2.90. The number of hydrogen-bond acceptors (Lipinski definition) is 3. The minimum Gasteiger partial charge on any atom is -0.383 e. The Morgan fingerprint density at radius 1 is 1.36 bits per heavy atom. The molecule has 0 spiro atoms. The molecule has 22 heavy (non-hydrogen) atoms. The number of methoxy groups -OCH3 is 1. The Hall–Kier alpha value is -1.35. The molecule has 2 rings (SSSR count). The molecule has 2 heterocycles. The van der Waals surface area contributed by atoms with E-state index in [1.54, 1.807) is 14.2 Å². The van der Waals surface area contributed by atoms with Gasteiger partial charge in [0.15, 0.2) is 5.96 Å². The summed E-state index contributed by atoms with van der Waals surface area (Å²) < 4.78 is 7.06. The van der Waals surface area contributed by atoms with Gasteiger partial charge < -0.3 is 19.8 Å². The van der Waals surface area contributed by atoms with Crippen LogP contribution in [0.2, 0.25) is 0 Å². The van der Waals surface area contributed by atoms with Crippen LogP contribution in [0.4, 0.5) is 0 Å². The molecule has 0 fully saturated rings. The van der Waals surface area contributed by atoms with Crippen LogP contribution < -0.4 is 10.6 Å². The quantitative estimate of drug-likeness (QED) is 0.325. The largest absolute Gasteiger partial charge is 0.383 e. The summed E-state index contributed by atoms with van der Waals surface area (Å²) in [5.41, 5.74) is 3.29. The smallest absolute Gasteiger partial charge is 0.191 e. The van der Waals surface area contributed by atoms with Crippen LogP contribution in [0.15, 0.2) is 29.5 Å². The summed E-state index contributed by atoms with van der Waals surface area (Å²) in [7, 11) is 3.44. The summed E-state index contributed by atoms with van der Waals surface area (Å²) in [6.07, 6.45) is 4.95. The van der Waals surface area contributed by atoms with Crippen molar-refractivity contribution in [3.63, 3.8) is 0 Å². The Morgan fingerprint density at radius 3 is 2.82 bits per heavy atom. The number of hydrogen-bond donors (Lipinski definition) is 2. The van der Waals surface area contributed by atoms with E-state index in [9.17, 15) is 0 Å². The van der Waals surface area contributed by atoms with E-state index in [0.717, 1.165) is 36.8 Å². The minimum atomic E-state index is 0. The number of nitrogens with zero attached hydrogens (tertiary/aromatic N) is 3. The number of rotatable bonds is 6. The number of fused-ring (bicyclic) bond motifs is 1.